The summed E-state index contributed by atoms with van der Waals surface area (Å²) in [6, 6.07) is 0.798. The van der Waals surface area contributed by atoms with Gasteiger partial charge in [0.25, 0.3) is 0 Å². The highest BCUT2D eigenvalue weighted by Gasteiger charge is 2.30. The van der Waals surface area contributed by atoms with E-state index in [2.05, 4.69) is 12.4 Å². The van der Waals surface area contributed by atoms with Gasteiger partial charge >= 0.3 is 0 Å². The molecule has 2 saturated carbocycles. The number of hydrogen-bond acceptors (Lipinski definition) is 2. The Balaban J connectivity index is 1.73. The molecular formula is C14H27NO. The van der Waals surface area contributed by atoms with E-state index in [9.17, 15) is 0 Å². The first-order valence-electron chi connectivity index (χ1n) is 7.03. The maximum Gasteiger partial charge on any atom is 0.0571 e. The minimum atomic E-state index is 0.560. The van der Waals surface area contributed by atoms with Gasteiger partial charge in [0.2, 0.25) is 0 Å². The summed E-state index contributed by atoms with van der Waals surface area (Å²) in [5.74, 6) is 2.02. The van der Waals surface area contributed by atoms with E-state index in [-0.39, 0.29) is 0 Å². The van der Waals surface area contributed by atoms with Gasteiger partial charge < -0.3 is 10.1 Å². The fourth-order valence-corrected chi connectivity index (χ4v) is 3.67. The average molecular weight is 225 g/mol. The largest absolute Gasteiger partial charge is 0.381 e. The van der Waals surface area contributed by atoms with E-state index in [4.69, 9.17) is 4.74 Å². The molecule has 16 heavy (non-hydrogen) atoms. The minimum absolute atomic E-state index is 0.560. The van der Waals surface area contributed by atoms with Gasteiger partial charge in [-0.05, 0) is 70.3 Å². The summed E-state index contributed by atoms with van der Waals surface area (Å²) in [6.07, 6.45) is 11.7. The van der Waals surface area contributed by atoms with Crippen LogP contribution in [0.5, 0.6) is 0 Å². The smallest absolute Gasteiger partial charge is 0.0571 e. The van der Waals surface area contributed by atoms with Gasteiger partial charge in [0, 0.05) is 13.2 Å². The zero-order valence-electron chi connectivity index (χ0n) is 10.9. The number of rotatable bonds is 3. The Morgan fingerprint density at radius 2 is 1.31 bits per heavy atom. The van der Waals surface area contributed by atoms with Crippen LogP contribution in [0.3, 0.4) is 0 Å². The van der Waals surface area contributed by atoms with Crippen LogP contribution in [-0.2, 0) is 4.74 Å². The molecule has 2 aliphatic rings. The third-order valence-electron chi connectivity index (χ3n) is 4.90. The lowest BCUT2D eigenvalue weighted by atomic mass is 9.72. The Labute approximate surface area is 100 Å². The number of ether oxygens (including phenoxy) is 1. The summed E-state index contributed by atoms with van der Waals surface area (Å²) in [5.41, 5.74) is 0. The Hall–Kier alpha value is -0.0800. The zero-order valence-corrected chi connectivity index (χ0v) is 10.9. The Bertz CT molecular complexity index is 169. The van der Waals surface area contributed by atoms with E-state index >= 15 is 0 Å². The molecule has 0 aromatic carbocycles. The van der Waals surface area contributed by atoms with E-state index in [1.807, 2.05) is 7.11 Å². The van der Waals surface area contributed by atoms with Crippen LogP contribution in [0.1, 0.15) is 51.4 Å². The summed E-state index contributed by atoms with van der Waals surface area (Å²) in [6.45, 7) is 0. The van der Waals surface area contributed by atoms with E-state index in [0.717, 1.165) is 17.9 Å². The van der Waals surface area contributed by atoms with Crippen molar-refractivity contribution >= 4 is 0 Å². The van der Waals surface area contributed by atoms with Crippen molar-refractivity contribution in [3.8, 4) is 0 Å². The van der Waals surface area contributed by atoms with E-state index in [1.165, 1.54) is 51.4 Å². The van der Waals surface area contributed by atoms with Gasteiger partial charge in [-0.15, -0.1) is 0 Å². The Morgan fingerprint density at radius 3 is 1.75 bits per heavy atom. The molecule has 0 spiro atoms. The summed E-state index contributed by atoms with van der Waals surface area (Å²) in [5, 5.41) is 3.42. The molecule has 0 aliphatic heterocycles. The molecule has 2 rings (SSSR count). The van der Waals surface area contributed by atoms with Crippen LogP contribution < -0.4 is 5.32 Å². The van der Waals surface area contributed by atoms with E-state index in [1.54, 1.807) is 0 Å². The molecule has 2 heteroatoms. The van der Waals surface area contributed by atoms with Gasteiger partial charge in [-0.2, -0.15) is 0 Å². The van der Waals surface area contributed by atoms with Crippen LogP contribution in [-0.4, -0.2) is 26.3 Å². The van der Waals surface area contributed by atoms with Gasteiger partial charge in [-0.3, -0.25) is 0 Å². The number of nitrogens with one attached hydrogen (secondary N) is 1. The monoisotopic (exact) mass is 225 g/mol. The predicted octanol–water partition coefficient (Wildman–Crippen LogP) is 2.97. The molecule has 0 radical (unpaired) electrons. The highest BCUT2D eigenvalue weighted by atomic mass is 16.5. The molecule has 94 valence electrons. The summed E-state index contributed by atoms with van der Waals surface area (Å²) < 4.78 is 5.45. The van der Waals surface area contributed by atoms with Crippen molar-refractivity contribution in [2.75, 3.05) is 14.2 Å². The summed E-state index contributed by atoms with van der Waals surface area (Å²) >= 11 is 0. The van der Waals surface area contributed by atoms with Crippen molar-refractivity contribution in [2.45, 2.75) is 63.5 Å². The van der Waals surface area contributed by atoms with E-state index in [0.29, 0.717) is 6.10 Å². The first kappa shape index (κ1) is 12.4. The lowest BCUT2D eigenvalue weighted by Gasteiger charge is -2.37. The molecule has 1 N–H and O–H groups in total. The molecule has 0 atom stereocenters. The topological polar surface area (TPSA) is 21.3 Å². The van der Waals surface area contributed by atoms with Crippen LogP contribution in [0.15, 0.2) is 0 Å². The molecule has 0 saturated heterocycles. The van der Waals surface area contributed by atoms with Gasteiger partial charge in [0.15, 0.2) is 0 Å². The van der Waals surface area contributed by atoms with Crippen LogP contribution in [0.25, 0.3) is 0 Å². The third kappa shape index (κ3) is 2.98. The van der Waals surface area contributed by atoms with Crippen molar-refractivity contribution in [3.63, 3.8) is 0 Å². The zero-order chi connectivity index (χ0) is 11.4. The lowest BCUT2D eigenvalue weighted by Crippen LogP contribution is -2.34. The van der Waals surface area contributed by atoms with Crippen molar-refractivity contribution in [2.24, 2.45) is 11.8 Å². The number of methoxy groups -OCH3 is 1. The van der Waals surface area contributed by atoms with Crippen LogP contribution in [0.4, 0.5) is 0 Å². The second-order valence-corrected chi connectivity index (χ2v) is 5.67. The average Bonchev–Trinajstić information content (AvgIpc) is 2.39. The molecule has 0 bridgehead atoms. The Kier molecular flexibility index (Phi) is 4.66. The second-order valence-electron chi connectivity index (χ2n) is 5.67. The molecule has 0 heterocycles. The van der Waals surface area contributed by atoms with Gasteiger partial charge in [-0.1, -0.05) is 0 Å². The lowest BCUT2D eigenvalue weighted by molar-refractivity contribution is 0.0406. The SMILES string of the molecule is CNC1CCC(C2CCC(OC)CC2)CC1. The second kappa shape index (κ2) is 6.02. The maximum absolute atomic E-state index is 5.45. The van der Waals surface area contributed by atoms with Gasteiger partial charge in [0.1, 0.15) is 0 Å². The molecule has 2 fully saturated rings. The fraction of sp³-hybridized carbons (Fsp3) is 1.00. The summed E-state index contributed by atoms with van der Waals surface area (Å²) in [7, 11) is 3.97. The van der Waals surface area contributed by atoms with E-state index < -0.39 is 0 Å². The van der Waals surface area contributed by atoms with Crippen molar-refractivity contribution in [1.82, 2.24) is 5.32 Å². The highest BCUT2D eigenvalue weighted by molar-refractivity contribution is 4.83. The summed E-state index contributed by atoms with van der Waals surface area (Å²) in [4.78, 5) is 0. The minimum Gasteiger partial charge on any atom is -0.381 e. The molecule has 0 aromatic heterocycles. The van der Waals surface area contributed by atoms with Crippen LogP contribution in [0.2, 0.25) is 0 Å². The first-order valence-corrected chi connectivity index (χ1v) is 7.03. The molecule has 0 unspecified atom stereocenters. The standard InChI is InChI=1S/C14H27NO/c1-15-13-7-3-11(4-8-13)12-5-9-14(16-2)10-6-12/h11-15H,3-10H2,1-2H3. The highest BCUT2D eigenvalue weighted by Crippen LogP contribution is 2.38. The molecular weight excluding hydrogens is 198 g/mol. The van der Waals surface area contributed by atoms with Crippen molar-refractivity contribution in [1.29, 1.82) is 0 Å². The first-order chi connectivity index (χ1) is 7.83. The van der Waals surface area contributed by atoms with Crippen molar-refractivity contribution in [3.05, 3.63) is 0 Å². The molecule has 2 nitrogen and oxygen atoms in total. The normalized spacial score (nSPS) is 40.9. The fourth-order valence-electron chi connectivity index (χ4n) is 3.67. The maximum atomic E-state index is 5.45. The molecule has 0 amide bonds. The molecule has 2 aliphatic carbocycles. The Morgan fingerprint density at radius 1 is 0.812 bits per heavy atom. The van der Waals surface area contributed by atoms with Gasteiger partial charge in [0.05, 0.1) is 6.10 Å². The predicted molar refractivity (Wildman–Crippen MR) is 67.6 cm³/mol. The molecule has 0 aromatic rings. The van der Waals surface area contributed by atoms with Gasteiger partial charge in [-0.25, -0.2) is 0 Å². The quantitative estimate of drug-likeness (QED) is 0.797. The third-order valence-corrected chi connectivity index (χ3v) is 4.90. The van der Waals surface area contributed by atoms with Crippen LogP contribution in [0, 0.1) is 11.8 Å². The number of hydrogen-bond donors (Lipinski definition) is 1. The van der Waals surface area contributed by atoms with Crippen LogP contribution >= 0.6 is 0 Å². The van der Waals surface area contributed by atoms with Crippen molar-refractivity contribution < 1.29 is 4.74 Å².